The van der Waals surface area contributed by atoms with E-state index in [0.717, 1.165) is 24.3 Å². The molecule has 120 valence electrons. The summed E-state index contributed by atoms with van der Waals surface area (Å²) in [7, 11) is 0. The fourth-order valence-electron chi connectivity index (χ4n) is 1.52. The predicted molar refractivity (Wildman–Crippen MR) is 73.9 cm³/mol. The Morgan fingerprint density at radius 1 is 1.32 bits per heavy atom. The van der Waals surface area contributed by atoms with E-state index in [1.165, 1.54) is 0 Å². The number of nitriles is 1. The van der Waals surface area contributed by atoms with Crippen LogP contribution in [0.1, 0.15) is 26.3 Å². The monoisotopic (exact) mass is 314 g/mol. The van der Waals surface area contributed by atoms with Crippen molar-refractivity contribution in [3.8, 4) is 11.8 Å². The number of halogens is 3. The molecule has 0 aliphatic rings. The maximum absolute atomic E-state index is 12.4. The van der Waals surface area contributed by atoms with Crippen molar-refractivity contribution < 1.29 is 22.7 Å². The summed E-state index contributed by atoms with van der Waals surface area (Å²) >= 11 is 0. The first kappa shape index (κ1) is 17.8. The van der Waals surface area contributed by atoms with Gasteiger partial charge < -0.3 is 10.1 Å². The third-order valence-electron chi connectivity index (χ3n) is 3.34. The number of benzene rings is 1. The number of rotatable bonds is 5. The minimum atomic E-state index is -4.41. The molecule has 0 aliphatic heterocycles. The van der Waals surface area contributed by atoms with Crippen LogP contribution in [0.2, 0.25) is 0 Å². The second-order valence-corrected chi connectivity index (χ2v) is 5.33. The van der Waals surface area contributed by atoms with Gasteiger partial charge in [0.25, 0.3) is 5.91 Å². The van der Waals surface area contributed by atoms with E-state index in [9.17, 15) is 18.0 Å². The fraction of sp³-hybridized carbons (Fsp3) is 0.467. The van der Waals surface area contributed by atoms with Crippen LogP contribution in [0.4, 0.5) is 13.2 Å². The van der Waals surface area contributed by atoms with Crippen molar-refractivity contribution in [1.29, 1.82) is 5.26 Å². The molecular weight excluding hydrogens is 297 g/mol. The Labute approximate surface area is 126 Å². The molecule has 0 radical (unpaired) electrons. The first-order valence-corrected chi connectivity index (χ1v) is 6.61. The topological polar surface area (TPSA) is 62.1 Å². The lowest BCUT2D eigenvalue weighted by Gasteiger charge is -2.27. The minimum absolute atomic E-state index is 0.104. The Hall–Kier alpha value is -2.23. The first-order chi connectivity index (χ1) is 10.1. The Balaban J connectivity index is 2.60. The van der Waals surface area contributed by atoms with Crippen molar-refractivity contribution in [3.05, 3.63) is 29.8 Å². The summed E-state index contributed by atoms with van der Waals surface area (Å²) in [6, 6.07) is 6.05. The van der Waals surface area contributed by atoms with Gasteiger partial charge in [0.15, 0.2) is 6.61 Å². The summed E-state index contributed by atoms with van der Waals surface area (Å²) in [4.78, 5) is 11.8. The Bertz CT molecular complexity index is 562. The van der Waals surface area contributed by atoms with E-state index >= 15 is 0 Å². The van der Waals surface area contributed by atoms with Gasteiger partial charge in [-0.2, -0.15) is 18.4 Å². The number of carbonyl (C=O) groups is 1. The largest absolute Gasteiger partial charge is 0.484 e. The van der Waals surface area contributed by atoms with E-state index in [1.807, 2.05) is 6.07 Å². The highest BCUT2D eigenvalue weighted by Crippen LogP contribution is 2.30. The zero-order valence-corrected chi connectivity index (χ0v) is 12.5. The summed E-state index contributed by atoms with van der Waals surface area (Å²) in [5.41, 5.74) is -1.82. The van der Waals surface area contributed by atoms with E-state index < -0.39 is 23.2 Å². The molecule has 0 saturated carbocycles. The maximum Gasteiger partial charge on any atom is 0.416 e. The molecule has 4 nitrogen and oxygen atoms in total. The molecule has 0 heterocycles. The van der Waals surface area contributed by atoms with Crippen LogP contribution in [0, 0.1) is 17.2 Å². The number of amides is 1. The van der Waals surface area contributed by atoms with Gasteiger partial charge in [-0.05, 0) is 37.1 Å². The van der Waals surface area contributed by atoms with Crippen LogP contribution in [-0.4, -0.2) is 18.1 Å². The van der Waals surface area contributed by atoms with Crippen LogP contribution in [0.3, 0.4) is 0 Å². The smallest absolute Gasteiger partial charge is 0.416 e. The molecule has 0 aromatic heterocycles. The molecule has 1 atom stereocenters. The molecule has 0 saturated heterocycles. The number of hydrogen-bond donors (Lipinski definition) is 1. The third-order valence-corrected chi connectivity index (χ3v) is 3.34. The van der Waals surface area contributed by atoms with Gasteiger partial charge >= 0.3 is 6.18 Å². The molecule has 1 rings (SSSR count). The zero-order chi connectivity index (χ0) is 17.0. The van der Waals surface area contributed by atoms with Gasteiger partial charge in [-0.1, -0.05) is 13.8 Å². The van der Waals surface area contributed by atoms with Crippen LogP contribution >= 0.6 is 0 Å². The van der Waals surface area contributed by atoms with Gasteiger partial charge in [0.1, 0.15) is 11.3 Å². The summed E-state index contributed by atoms with van der Waals surface area (Å²) in [5.74, 6) is -0.475. The summed E-state index contributed by atoms with van der Waals surface area (Å²) in [6.07, 6.45) is -4.41. The second kappa shape index (κ2) is 6.69. The number of ether oxygens (including phenoxy) is 1. The van der Waals surface area contributed by atoms with Crippen LogP contribution in [0.15, 0.2) is 24.3 Å². The molecule has 7 heteroatoms. The van der Waals surface area contributed by atoms with Crippen molar-refractivity contribution in [2.45, 2.75) is 32.5 Å². The van der Waals surface area contributed by atoms with Gasteiger partial charge in [0.05, 0.1) is 11.6 Å². The van der Waals surface area contributed by atoms with Crippen LogP contribution in [0.5, 0.6) is 5.75 Å². The van der Waals surface area contributed by atoms with Crippen molar-refractivity contribution >= 4 is 5.91 Å². The molecule has 0 unspecified atom stereocenters. The highest BCUT2D eigenvalue weighted by Gasteiger charge is 2.31. The Morgan fingerprint density at radius 3 is 2.27 bits per heavy atom. The summed E-state index contributed by atoms with van der Waals surface area (Å²) < 4.78 is 42.3. The lowest BCUT2D eigenvalue weighted by atomic mass is 9.90. The SMILES string of the molecule is CC(C)[C@@](C)(C#N)NC(=O)COc1ccc(C(F)(F)F)cc1. The maximum atomic E-state index is 12.4. The highest BCUT2D eigenvalue weighted by molar-refractivity contribution is 5.78. The predicted octanol–water partition coefficient (Wildman–Crippen LogP) is 3.14. The molecule has 1 aromatic carbocycles. The number of nitrogens with one attached hydrogen (secondary N) is 1. The van der Waals surface area contributed by atoms with E-state index in [2.05, 4.69) is 5.32 Å². The quantitative estimate of drug-likeness (QED) is 0.908. The lowest BCUT2D eigenvalue weighted by Crippen LogP contribution is -2.50. The molecule has 1 N–H and O–H groups in total. The van der Waals surface area contributed by atoms with Crippen molar-refractivity contribution in [1.82, 2.24) is 5.32 Å². The number of hydrogen-bond acceptors (Lipinski definition) is 3. The molecule has 0 fully saturated rings. The summed E-state index contributed by atoms with van der Waals surface area (Å²) in [5, 5.41) is 11.6. The highest BCUT2D eigenvalue weighted by atomic mass is 19.4. The molecule has 0 bridgehead atoms. The van der Waals surface area contributed by atoms with Crippen LogP contribution < -0.4 is 10.1 Å². The van der Waals surface area contributed by atoms with Crippen molar-refractivity contribution in [2.75, 3.05) is 6.61 Å². The Morgan fingerprint density at radius 2 is 1.86 bits per heavy atom. The van der Waals surface area contributed by atoms with Crippen molar-refractivity contribution in [2.24, 2.45) is 5.92 Å². The van der Waals surface area contributed by atoms with Crippen LogP contribution in [-0.2, 0) is 11.0 Å². The van der Waals surface area contributed by atoms with Gasteiger partial charge in [0, 0.05) is 0 Å². The average Bonchev–Trinajstić information content (AvgIpc) is 2.44. The molecule has 0 aliphatic carbocycles. The molecular formula is C15H17F3N2O2. The zero-order valence-electron chi connectivity index (χ0n) is 12.5. The normalized spacial score (nSPS) is 14.1. The van der Waals surface area contributed by atoms with Crippen molar-refractivity contribution in [3.63, 3.8) is 0 Å². The number of nitrogens with zero attached hydrogens (tertiary/aromatic N) is 1. The van der Waals surface area contributed by atoms with E-state index in [4.69, 9.17) is 10.00 Å². The molecule has 1 aromatic rings. The summed E-state index contributed by atoms with van der Waals surface area (Å²) in [6.45, 7) is 4.80. The standard InChI is InChI=1S/C15H17F3N2O2/c1-10(2)14(3,9-19)20-13(21)8-22-12-6-4-11(5-7-12)15(16,17)18/h4-7,10H,8H2,1-3H3,(H,20,21)/t14-/m1/s1. The molecule has 22 heavy (non-hydrogen) atoms. The van der Waals surface area contributed by atoms with Gasteiger partial charge in [-0.25, -0.2) is 0 Å². The van der Waals surface area contributed by atoms with E-state index in [1.54, 1.807) is 20.8 Å². The fourth-order valence-corrected chi connectivity index (χ4v) is 1.52. The average molecular weight is 314 g/mol. The second-order valence-electron chi connectivity index (χ2n) is 5.33. The lowest BCUT2D eigenvalue weighted by molar-refractivity contribution is -0.137. The van der Waals surface area contributed by atoms with Gasteiger partial charge in [-0.3, -0.25) is 4.79 Å². The van der Waals surface area contributed by atoms with Crippen LogP contribution in [0.25, 0.3) is 0 Å². The third kappa shape index (κ3) is 4.65. The Kier molecular flexibility index (Phi) is 5.42. The number of carbonyl (C=O) groups excluding carboxylic acids is 1. The molecule has 1 amide bonds. The van der Waals surface area contributed by atoms with E-state index in [-0.39, 0.29) is 18.3 Å². The minimum Gasteiger partial charge on any atom is -0.484 e. The van der Waals surface area contributed by atoms with Gasteiger partial charge in [0.2, 0.25) is 0 Å². The first-order valence-electron chi connectivity index (χ1n) is 6.61. The van der Waals surface area contributed by atoms with E-state index in [0.29, 0.717) is 0 Å². The molecule has 0 spiro atoms. The van der Waals surface area contributed by atoms with Gasteiger partial charge in [-0.15, -0.1) is 0 Å². The number of alkyl halides is 3.